The van der Waals surface area contributed by atoms with Crippen molar-refractivity contribution in [1.82, 2.24) is 4.98 Å². The van der Waals surface area contributed by atoms with Gasteiger partial charge in [-0.05, 0) is 30.5 Å². The first-order valence-electron chi connectivity index (χ1n) is 7.10. The molecule has 2 rings (SSSR count). The van der Waals surface area contributed by atoms with E-state index in [2.05, 4.69) is 36.2 Å². The minimum absolute atomic E-state index is 0.0512. The molecule has 3 N–H and O–H groups in total. The van der Waals surface area contributed by atoms with Crippen molar-refractivity contribution in [1.29, 1.82) is 5.41 Å². The van der Waals surface area contributed by atoms with Crippen molar-refractivity contribution in [2.75, 3.05) is 0 Å². The summed E-state index contributed by atoms with van der Waals surface area (Å²) in [6.07, 6.45) is 6.58. The van der Waals surface area contributed by atoms with Gasteiger partial charge in [0.1, 0.15) is 5.84 Å². The molecule has 20 heavy (non-hydrogen) atoms. The summed E-state index contributed by atoms with van der Waals surface area (Å²) in [6.45, 7) is 2.22. The van der Waals surface area contributed by atoms with Gasteiger partial charge in [-0.25, -0.2) is 0 Å². The molecule has 2 aromatic rings. The number of nitrogen functional groups attached to an aromatic ring is 1. The van der Waals surface area contributed by atoms with Crippen molar-refractivity contribution in [2.45, 2.75) is 32.6 Å². The van der Waals surface area contributed by atoms with Crippen molar-refractivity contribution >= 4 is 5.84 Å². The summed E-state index contributed by atoms with van der Waals surface area (Å²) in [4.78, 5) is 4.35. The number of pyridine rings is 1. The van der Waals surface area contributed by atoms with Gasteiger partial charge in [0.2, 0.25) is 0 Å². The standard InChI is InChI=1S/C17H21N3/c1-2-3-4-5-13-6-8-14(9-7-13)16-11-10-15(12-20-16)17(18)19/h6-12H,2-5H2,1H3,(H3,18,19). The first kappa shape index (κ1) is 14.3. The number of nitrogens with zero attached hydrogens (tertiary/aromatic N) is 1. The van der Waals surface area contributed by atoms with Crippen LogP contribution < -0.4 is 5.73 Å². The van der Waals surface area contributed by atoms with E-state index in [4.69, 9.17) is 11.1 Å². The molecule has 0 aliphatic carbocycles. The molecule has 1 aromatic heterocycles. The van der Waals surface area contributed by atoms with E-state index >= 15 is 0 Å². The molecular weight excluding hydrogens is 246 g/mol. The highest BCUT2D eigenvalue weighted by molar-refractivity contribution is 5.94. The van der Waals surface area contributed by atoms with E-state index in [1.807, 2.05) is 12.1 Å². The average molecular weight is 267 g/mol. The number of nitrogens with two attached hydrogens (primary N) is 1. The Bertz CT molecular complexity index is 556. The van der Waals surface area contributed by atoms with E-state index in [9.17, 15) is 0 Å². The molecule has 0 saturated carbocycles. The Hall–Kier alpha value is -2.16. The molecule has 1 aromatic carbocycles. The van der Waals surface area contributed by atoms with Crippen LogP contribution in [0.15, 0.2) is 42.6 Å². The van der Waals surface area contributed by atoms with Gasteiger partial charge in [-0.3, -0.25) is 10.4 Å². The Morgan fingerprint density at radius 1 is 1.10 bits per heavy atom. The van der Waals surface area contributed by atoms with Crippen molar-refractivity contribution in [2.24, 2.45) is 5.73 Å². The maximum atomic E-state index is 7.36. The Morgan fingerprint density at radius 3 is 2.40 bits per heavy atom. The fraction of sp³-hybridized carbons (Fsp3) is 0.294. The highest BCUT2D eigenvalue weighted by atomic mass is 14.7. The van der Waals surface area contributed by atoms with Crippen LogP contribution in [-0.4, -0.2) is 10.8 Å². The number of amidine groups is 1. The molecule has 0 fully saturated rings. The molecule has 0 unspecified atom stereocenters. The molecular formula is C17H21N3. The molecule has 1 heterocycles. The average Bonchev–Trinajstić information content (AvgIpc) is 2.48. The lowest BCUT2D eigenvalue weighted by Gasteiger charge is -2.05. The van der Waals surface area contributed by atoms with E-state index in [0.717, 1.165) is 17.7 Å². The van der Waals surface area contributed by atoms with E-state index in [0.29, 0.717) is 5.56 Å². The highest BCUT2D eigenvalue weighted by Gasteiger charge is 2.02. The van der Waals surface area contributed by atoms with Gasteiger partial charge in [-0.1, -0.05) is 44.0 Å². The van der Waals surface area contributed by atoms with Crippen LogP contribution in [0.3, 0.4) is 0 Å². The lowest BCUT2D eigenvalue weighted by atomic mass is 10.0. The maximum absolute atomic E-state index is 7.36. The highest BCUT2D eigenvalue weighted by Crippen LogP contribution is 2.18. The largest absolute Gasteiger partial charge is 0.384 e. The van der Waals surface area contributed by atoms with E-state index in [-0.39, 0.29) is 5.84 Å². The Balaban J connectivity index is 2.07. The zero-order valence-corrected chi connectivity index (χ0v) is 11.9. The summed E-state index contributed by atoms with van der Waals surface area (Å²) in [5, 5.41) is 7.36. The predicted molar refractivity (Wildman–Crippen MR) is 83.9 cm³/mol. The smallest absolute Gasteiger partial charge is 0.124 e. The van der Waals surface area contributed by atoms with Crippen LogP contribution in [0.2, 0.25) is 0 Å². The number of benzene rings is 1. The SMILES string of the molecule is CCCCCc1ccc(-c2ccc(C(=N)N)cn2)cc1. The topological polar surface area (TPSA) is 62.8 Å². The molecule has 0 amide bonds. The minimum atomic E-state index is 0.0512. The summed E-state index contributed by atoms with van der Waals surface area (Å²) in [5.41, 5.74) is 9.47. The van der Waals surface area contributed by atoms with Gasteiger partial charge in [0.15, 0.2) is 0 Å². The summed E-state index contributed by atoms with van der Waals surface area (Å²) >= 11 is 0. The number of aromatic nitrogens is 1. The Morgan fingerprint density at radius 2 is 1.85 bits per heavy atom. The molecule has 3 heteroatoms. The molecule has 0 spiro atoms. The summed E-state index contributed by atoms with van der Waals surface area (Å²) < 4.78 is 0. The second kappa shape index (κ2) is 6.85. The third kappa shape index (κ3) is 3.67. The first-order chi connectivity index (χ1) is 9.70. The number of unbranched alkanes of at least 4 members (excludes halogenated alkanes) is 2. The number of hydrogen-bond acceptors (Lipinski definition) is 2. The molecule has 0 bridgehead atoms. The molecule has 0 aliphatic heterocycles. The monoisotopic (exact) mass is 267 g/mol. The lowest BCUT2D eigenvalue weighted by Crippen LogP contribution is -2.11. The molecule has 104 valence electrons. The summed E-state index contributed by atoms with van der Waals surface area (Å²) in [5.74, 6) is 0.0512. The van der Waals surface area contributed by atoms with Gasteiger partial charge in [0.05, 0.1) is 5.69 Å². The lowest BCUT2D eigenvalue weighted by molar-refractivity contribution is 0.717. The van der Waals surface area contributed by atoms with E-state index in [1.54, 1.807) is 6.20 Å². The summed E-state index contributed by atoms with van der Waals surface area (Å²) in [7, 11) is 0. The number of hydrogen-bond donors (Lipinski definition) is 2. The number of nitrogens with one attached hydrogen (secondary N) is 1. The fourth-order valence-corrected chi connectivity index (χ4v) is 2.15. The number of aryl methyl sites for hydroxylation is 1. The molecule has 0 radical (unpaired) electrons. The zero-order chi connectivity index (χ0) is 14.4. The van der Waals surface area contributed by atoms with Crippen LogP contribution in [-0.2, 0) is 6.42 Å². The van der Waals surface area contributed by atoms with Gasteiger partial charge in [-0.2, -0.15) is 0 Å². The van der Waals surface area contributed by atoms with Crippen LogP contribution in [0, 0.1) is 5.41 Å². The van der Waals surface area contributed by atoms with Gasteiger partial charge < -0.3 is 5.73 Å². The Labute approximate surface area is 120 Å². The normalized spacial score (nSPS) is 10.4. The van der Waals surface area contributed by atoms with Crippen molar-refractivity contribution in [3.05, 3.63) is 53.7 Å². The van der Waals surface area contributed by atoms with Gasteiger partial charge in [0.25, 0.3) is 0 Å². The molecule has 0 atom stereocenters. The second-order valence-electron chi connectivity index (χ2n) is 5.00. The third-order valence-corrected chi connectivity index (χ3v) is 3.39. The first-order valence-corrected chi connectivity index (χ1v) is 7.10. The summed E-state index contributed by atoms with van der Waals surface area (Å²) in [6, 6.07) is 12.3. The van der Waals surface area contributed by atoms with Crippen LogP contribution in [0.4, 0.5) is 0 Å². The van der Waals surface area contributed by atoms with Gasteiger partial charge >= 0.3 is 0 Å². The third-order valence-electron chi connectivity index (χ3n) is 3.39. The second-order valence-corrected chi connectivity index (χ2v) is 5.00. The Kier molecular flexibility index (Phi) is 4.88. The quantitative estimate of drug-likeness (QED) is 0.475. The maximum Gasteiger partial charge on any atom is 0.124 e. The van der Waals surface area contributed by atoms with Gasteiger partial charge in [-0.15, -0.1) is 0 Å². The van der Waals surface area contributed by atoms with Gasteiger partial charge in [0, 0.05) is 17.3 Å². The van der Waals surface area contributed by atoms with Crippen LogP contribution in [0.25, 0.3) is 11.3 Å². The molecule has 3 nitrogen and oxygen atoms in total. The van der Waals surface area contributed by atoms with Crippen LogP contribution in [0.1, 0.15) is 37.3 Å². The van der Waals surface area contributed by atoms with Crippen LogP contribution >= 0.6 is 0 Å². The van der Waals surface area contributed by atoms with Crippen molar-refractivity contribution < 1.29 is 0 Å². The predicted octanol–water partition coefficient (Wildman–Crippen LogP) is 3.77. The molecule has 0 aliphatic rings. The minimum Gasteiger partial charge on any atom is -0.384 e. The zero-order valence-electron chi connectivity index (χ0n) is 11.9. The van der Waals surface area contributed by atoms with E-state index < -0.39 is 0 Å². The van der Waals surface area contributed by atoms with Crippen molar-refractivity contribution in [3.8, 4) is 11.3 Å². The number of rotatable bonds is 6. The van der Waals surface area contributed by atoms with E-state index in [1.165, 1.54) is 24.8 Å². The fourth-order valence-electron chi connectivity index (χ4n) is 2.15. The van der Waals surface area contributed by atoms with Crippen molar-refractivity contribution in [3.63, 3.8) is 0 Å². The van der Waals surface area contributed by atoms with Crippen LogP contribution in [0.5, 0.6) is 0 Å². The molecule has 0 saturated heterocycles.